The van der Waals surface area contributed by atoms with Gasteiger partial charge in [-0.05, 0) is 43.9 Å². The van der Waals surface area contributed by atoms with Crippen molar-refractivity contribution in [3.05, 3.63) is 17.5 Å². The van der Waals surface area contributed by atoms with Crippen molar-refractivity contribution in [3.8, 4) is 0 Å². The first kappa shape index (κ1) is 13.1. The van der Waals surface area contributed by atoms with Gasteiger partial charge in [0.15, 0.2) is 5.69 Å². The number of nitrogens with one attached hydrogen (secondary N) is 1. The predicted octanol–water partition coefficient (Wildman–Crippen LogP) is 1.93. The zero-order valence-electron chi connectivity index (χ0n) is 11.3. The number of fused-ring (bicyclic) bond motifs is 2. The predicted molar refractivity (Wildman–Crippen MR) is 69.3 cm³/mol. The third kappa shape index (κ3) is 2.30. The van der Waals surface area contributed by atoms with Crippen LogP contribution in [0.3, 0.4) is 0 Å². The number of carboxylic acid groups (broad SMARTS) is 1. The van der Waals surface area contributed by atoms with Gasteiger partial charge in [-0.3, -0.25) is 4.79 Å². The molecular weight excluding hydrogens is 260 g/mol. The molecule has 2 N–H and O–H groups in total. The molecule has 0 spiro atoms. The highest BCUT2D eigenvalue weighted by Crippen LogP contribution is 2.49. The molecule has 108 valence electrons. The van der Waals surface area contributed by atoms with Gasteiger partial charge in [0.2, 0.25) is 5.76 Å². The number of aromatic carboxylic acids is 1. The number of carbonyl (C=O) groups is 2. The Hall–Kier alpha value is -1.85. The summed E-state index contributed by atoms with van der Waals surface area (Å²) in [6, 6.07) is 1.24. The van der Waals surface area contributed by atoms with Crippen molar-refractivity contribution in [1.29, 1.82) is 0 Å². The molecule has 1 amide bonds. The second-order valence-corrected chi connectivity index (χ2v) is 5.98. The van der Waals surface area contributed by atoms with E-state index >= 15 is 0 Å². The smallest absolute Gasteiger partial charge is 0.374 e. The van der Waals surface area contributed by atoms with Crippen LogP contribution in [0.1, 0.15) is 53.7 Å². The third-order valence-electron chi connectivity index (χ3n) is 4.75. The Morgan fingerprint density at radius 3 is 2.80 bits per heavy atom. The first-order chi connectivity index (χ1) is 9.54. The minimum Gasteiger partial charge on any atom is -0.475 e. The Labute approximate surface area is 116 Å². The zero-order chi connectivity index (χ0) is 14.3. The molecule has 3 rings (SSSR count). The number of carbonyl (C=O) groups excluding carboxylic acids is 1. The molecule has 0 aliphatic heterocycles. The van der Waals surface area contributed by atoms with Crippen LogP contribution in [-0.2, 0) is 0 Å². The zero-order valence-corrected chi connectivity index (χ0v) is 11.3. The van der Waals surface area contributed by atoms with Gasteiger partial charge in [0.1, 0.15) is 0 Å². The summed E-state index contributed by atoms with van der Waals surface area (Å²) >= 11 is 0. The van der Waals surface area contributed by atoms with Gasteiger partial charge in [0, 0.05) is 12.1 Å². The van der Waals surface area contributed by atoms with Gasteiger partial charge in [0.05, 0.1) is 0 Å². The monoisotopic (exact) mass is 278 g/mol. The Morgan fingerprint density at radius 2 is 2.25 bits per heavy atom. The lowest BCUT2D eigenvalue weighted by Gasteiger charge is -2.28. The summed E-state index contributed by atoms with van der Waals surface area (Å²) in [5, 5.41) is 15.2. The molecule has 2 bridgehead atoms. The van der Waals surface area contributed by atoms with Gasteiger partial charge in [-0.2, -0.15) is 0 Å². The van der Waals surface area contributed by atoms with Crippen LogP contribution in [0, 0.1) is 17.8 Å². The summed E-state index contributed by atoms with van der Waals surface area (Å²) in [5.74, 6) is 0.178. The summed E-state index contributed by atoms with van der Waals surface area (Å²) in [6.07, 6.45) is 5.07. The molecule has 0 radical (unpaired) electrons. The Morgan fingerprint density at radius 1 is 1.45 bits per heavy atom. The van der Waals surface area contributed by atoms with Crippen molar-refractivity contribution in [2.24, 2.45) is 17.8 Å². The minimum absolute atomic E-state index is 0.0254. The first-order valence-electron chi connectivity index (χ1n) is 7.05. The Balaban J connectivity index is 1.62. The fourth-order valence-corrected chi connectivity index (χ4v) is 3.78. The molecule has 1 aromatic rings. The summed E-state index contributed by atoms with van der Waals surface area (Å²) in [4.78, 5) is 22.7. The lowest BCUT2D eigenvalue weighted by Crippen LogP contribution is -2.40. The van der Waals surface area contributed by atoms with Gasteiger partial charge in [-0.15, -0.1) is 0 Å². The van der Waals surface area contributed by atoms with Gasteiger partial charge >= 0.3 is 5.97 Å². The molecule has 20 heavy (non-hydrogen) atoms. The summed E-state index contributed by atoms with van der Waals surface area (Å²) in [5.41, 5.74) is 0.0254. The molecular formula is C14H18N2O4. The number of aromatic nitrogens is 1. The maximum absolute atomic E-state index is 12.0. The van der Waals surface area contributed by atoms with Crippen LogP contribution >= 0.6 is 0 Å². The fourth-order valence-electron chi connectivity index (χ4n) is 3.78. The third-order valence-corrected chi connectivity index (χ3v) is 4.75. The van der Waals surface area contributed by atoms with E-state index in [4.69, 9.17) is 5.11 Å². The van der Waals surface area contributed by atoms with E-state index in [0.29, 0.717) is 5.92 Å². The fraction of sp³-hybridized carbons (Fsp3) is 0.643. The highest BCUT2D eigenvalue weighted by molar-refractivity contribution is 5.94. The number of rotatable bonds is 4. The average Bonchev–Trinajstić information content (AvgIpc) is 3.14. The van der Waals surface area contributed by atoms with Crippen molar-refractivity contribution in [1.82, 2.24) is 10.5 Å². The van der Waals surface area contributed by atoms with Crippen molar-refractivity contribution in [2.75, 3.05) is 0 Å². The number of hydrogen-bond acceptors (Lipinski definition) is 4. The van der Waals surface area contributed by atoms with Crippen LogP contribution in [0.15, 0.2) is 10.6 Å². The second-order valence-electron chi connectivity index (χ2n) is 5.98. The first-order valence-corrected chi connectivity index (χ1v) is 7.05. The normalized spacial score (nSPS) is 29.4. The van der Waals surface area contributed by atoms with Crippen LogP contribution in [0.4, 0.5) is 0 Å². The highest BCUT2D eigenvalue weighted by atomic mass is 16.5. The highest BCUT2D eigenvalue weighted by Gasteiger charge is 2.42. The van der Waals surface area contributed by atoms with E-state index in [2.05, 4.69) is 15.0 Å². The molecule has 2 aliphatic carbocycles. The quantitative estimate of drug-likeness (QED) is 0.877. The standard InChI is InChI=1S/C14H18N2O4/c1-7(10-5-8-2-3-9(10)4-8)15-13(17)11-6-12(14(18)19)20-16-11/h6-10H,2-5H2,1H3,(H,15,17)(H,18,19). The number of amides is 1. The van der Waals surface area contributed by atoms with Gasteiger partial charge in [-0.1, -0.05) is 11.6 Å². The van der Waals surface area contributed by atoms with Gasteiger partial charge in [0.25, 0.3) is 5.91 Å². The van der Waals surface area contributed by atoms with Crippen LogP contribution < -0.4 is 5.32 Å². The topological polar surface area (TPSA) is 92.4 Å². The number of nitrogens with zero attached hydrogens (tertiary/aromatic N) is 1. The van der Waals surface area contributed by atoms with E-state index in [0.717, 1.165) is 17.9 Å². The van der Waals surface area contributed by atoms with Crippen molar-refractivity contribution >= 4 is 11.9 Å². The van der Waals surface area contributed by atoms with Crippen LogP contribution in [0.25, 0.3) is 0 Å². The Kier molecular flexibility index (Phi) is 3.23. The molecule has 6 nitrogen and oxygen atoms in total. The summed E-state index contributed by atoms with van der Waals surface area (Å²) < 4.78 is 4.59. The van der Waals surface area contributed by atoms with E-state index in [1.165, 1.54) is 25.7 Å². The molecule has 1 heterocycles. The van der Waals surface area contributed by atoms with E-state index in [-0.39, 0.29) is 23.4 Å². The van der Waals surface area contributed by atoms with E-state index in [1.807, 2.05) is 6.92 Å². The lowest BCUT2D eigenvalue weighted by molar-refractivity contribution is 0.0650. The van der Waals surface area contributed by atoms with E-state index in [1.54, 1.807) is 0 Å². The number of carboxylic acids is 1. The molecule has 2 saturated carbocycles. The second kappa shape index (κ2) is 4.92. The van der Waals surface area contributed by atoms with Gasteiger partial charge in [-0.25, -0.2) is 4.79 Å². The molecule has 0 aromatic carbocycles. The largest absolute Gasteiger partial charge is 0.475 e. The van der Waals surface area contributed by atoms with Crippen molar-refractivity contribution in [3.63, 3.8) is 0 Å². The summed E-state index contributed by atoms with van der Waals surface area (Å²) in [7, 11) is 0. The van der Waals surface area contributed by atoms with Crippen LogP contribution in [-0.4, -0.2) is 28.2 Å². The SMILES string of the molecule is CC(NC(=O)c1cc(C(=O)O)on1)C1CC2CCC1C2. The maximum Gasteiger partial charge on any atom is 0.374 e. The van der Waals surface area contributed by atoms with Crippen LogP contribution in [0.2, 0.25) is 0 Å². The summed E-state index contributed by atoms with van der Waals surface area (Å²) in [6.45, 7) is 2.02. The van der Waals surface area contributed by atoms with E-state index in [9.17, 15) is 9.59 Å². The molecule has 2 aliphatic rings. The van der Waals surface area contributed by atoms with Crippen molar-refractivity contribution < 1.29 is 19.2 Å². The molecule has 6 heteroatoms. The molecule has 4 atom stereocenters. The lowest BCUT2D eigenvalue weighted by atomic mass is 9.84. The minimum atomic E-state index is -1.22. The van der Waals surface area contributed by atoms with Crippen molar-refractivity contribution in [2.45, 2.75) is 38.6 Å². The molecule has 1 aromatic heterocycles. The maximum atomic E-state index is 12.0. The Bertz CT molecular complexity index is 539. The van der Waals surface area contributed by atoms with E-state index < -0.39 is 5.97 Å². The molecule has 2 fully saturated rings. The average molecular weight is 278 g/mol. The number of hydrogen-bond donors (Lipinski definition) is 2. The van der Waals surface area contributed by atoms with Crippen LogP contribution in [0.5, 0.6) is 0 Å². The molecule has 4 unspecified atom stereocenters. The van der Waals surface area contributed by atoms with Gasteiger partial charge < -0.3 is 14.9 Å². The molecule has 0 saturated heterocycles.